The molecule has 1 atom stereocenters. The molecule has 3 aromatic rings. The van der Waals surface area contributed by atoms with Crippen LogP contribution in [0.25, 0.3) is 11.0 Å². The third-order valence-corrected chi connectivity index (χ3v) is 4.13. The van der Waals surface area contributed by atoms with Gasteiger partial charge in [0.25, 0.3) is 5.91 Å². The Bertz CT molecular complexity index is 921. The Labute approximate surface area is 162 Å². The van der Waals surface area contributed by atoms with Crippen LogP contribution in [0.3, 0.4) is 0 Å². The van der Waals surface area contributed by atoms with Gasteiger partial charge in [-0.05, 0) is 49.8 Å². The summed E-state index contributed by atoms with van der Waals surface area (Å²) in [7, 11) is 0. The average molecular weight is 383 g/mol. The summed E-state index contributed by atoms with van der Waals surface area (Å²) in [4.78, 5) is 16.4. The summed E-state index contributed by atoms with van der Waals surface area (Å²) in [5.74, 6) is 0.426. The van der Waals surface area contributed by atoms with Crippen LogP contribution in [0.2, 0.25) is 0 Å². The van der Waals surface area contributed by atoms with Crippen LogP contribution in [-0.2, 0) is 0 Å². The van der Waals surface area contributed by atoms with E-state index in [1.165, 1.54) is 0 Å². The molecule has 7 heteroatoms. The molecule has 0 aliphatic rings. The summed E-state index contributed by atoms with van der Waals surface area (Å²) in [5.41, 5.74) is 1.29. The van der Waals surface area contributed by atoms with Gasteiger partial charge in [-0.1, -0.05) is 25.5 Å². The third-order valence-electron chi connectivity index (χ3n) is 3.93. The Morgan fingerprint density at radius 2 is 2.15 bits per heavy atom. The van der Waals surface area contributed by atoms with Gasteiger partial charge in [-0.15, -0.1) is 0 Å². The van der Waals surface area contributed by atoms with Crippen molar-refractivity contribution < 1.29 is 13.9 Å². The molecule has 2 N–H and O–H groups in total. The number of carbonyl (C=O) groups is 1. The topological polar surface area (TPSA) is 76.4 Å². The van der Waals surface area contributed by atoms with Crippen molar-refractivity contribution in [1.82, 2.24) is 10.3 Å². The van der Waals surface area contributed by atoms with Gasteiger partial charge in [-0.3, -0.25) is 15.1 Å². The second kappa shape index (κ2) is 8.64. The number of hydrogen-bond acceptors (Lipinski definition) is 5. The van der Waals surface area contributed by atoms with Crippen LogP contribution in [0, 0.1) is 0 Å². The molecule has 27 heavy (non-hydrogen) atoms. The summed E-state index contributed by atoms with van der Waals surface area (Å²) in [6.07, 6.45) is 5.33. The van der Waals surface area contributed by atoms with Gasteiger partial charge in [-0.2, -0.15) is 0 Å². The minimum Gasteiger partial charge on any atom is -0.489 e. The van der Waals surface area contributed by atoms with Crippen molar-refractivity contribution in [2.24, 2.45) is 0 Å². The van der Waals surface area contributed by atoms with Crippen LogP contribution in [0.5, 0.6) is 5.75 Å². The lowest BCUT2D eigenvalue weighted by atomic mass is 10.2. The molecule has 1 aromatic carbocycles. The molecule has 1 amide bonds. The van der Waals surface area contributed by atoms with Crippen molar-refractivity contribution in [2.75, 3.05) is 5.32 Å². The largest absolute Gasteiger partial charge is 0.489 e. The predicted octanol–water partition coefficient (Wildman–Crippen LogP) is 4.52. The Morgan fingerprint density at radius 3 is 2.93 bits per heavy atom. The molecule has 0 radical (unpaired) electrons. The number of furan rings is 1. The molecule has 0 bridgehead atoms. The van der Waals surface area contributed by atoms with Gasteiger partial charge in [0.05, 0.1) is 11.8 Å². The van der Waals surface area contributed by atoms with Gasteiger partial charge in [0.2, 0.25) is 0 Å². The Balaban J connectivity index is 1.66. The normalized spacial score (nSPS) is 11.8. The number of rotatable bonds is 6. The van der Waals surface area contributed by atoms with Gasteiger partial charge in [0.15, 0.2) is 10.9 Å². The van der Waals surface area contributed by atoms with E-state index in [1.54, 1.807) is 24.5 Å². The van der Waals surface area contributed by atoms with Crippen LogP contribution in [0.1, 0.15) is 37.2 Å². The van der Waals surface area contributed by atoms with E-state index in [2.05, 4.69) is 22.5 Å². The highest BCUT2D eigenvalue weighted by Crippen LogP contribution is 2.25. The Hall–Kier alpha value is -2.93. The predicted molar refractivity (Wildman–Crippen MR) is 109 cm³/mol. The minimum absolute atomic E-state index is 0.0882. The van der Waals surface area contributed by atoms with Crippen LogP contribution in [0.15, 0.2) is 53.2 Å². The van der Waals surface area contributed by atoms with Gasteiger partial charge >= 0.3 is 0 Å². The van der Waals surface area contributed by atoms with E-state index in [0.717, 1.165) is 18.2 Å². The Kier molecular flexibility index (Phi) is 6.03. The van der Waals surface area contributed by atoms with Crippen molar-refractivity contribution >= 4 is 39.9 Å². The number of pyridine rings is 1. The number of benzene rings is 1. The van der Waals surface area contributed by atoms with Gasteiger partial charge in [-0.25, -0.2) is 0 Å². The fraction of sp³-hybridized carbons (Fsp3) is 0.250. The van der Waals surface area contributed by atoms with Crippen molar-refractivity contribution in [2.45, 2.75) is 32.8 Å². The zero-order valence-electron chi connectivity index (χ0n) is 15.2. The summed E-state index contributed by atoms with van der Waals surface area (Å²) >= 11 is 5.26. The quantitative estimate of drug-likeness (QED) is 0.610. The molecule has 0 saturated carbocycles. The number of amides is 1. The van der Waals surface area contributed by atoms with Gasteiger partial charge in [0.1, 0.15) is 11.3 Å². The van der Waals surface area contributed by atoms with E-state index in [4.69, 9.17) is 21.4 Å². The lowest BCUT2D eigenvalue weighted by molar-refractivity contribution is 0.0953. The monoisotopic (exact) mass is 383 g/mol. The molecule has 2 aromatic heterocycles. The standard InChI is InChI=1S/C20H21N3O3S/c1-3-6-13(2)25-17-8-5-4-7-15(17)22-20(27)23-19(24)18-11-14-12-21-10-9-16(14)26-18/h4-5,7-13H,3,6H2,1-2H3,(H2,22,23,24,27). The number of aromatic nitrogens is 1. The highest BCUT2D eigenvalue weighted by atomic mass is 32.1. The van der Waals surface area contributed by atoms with E-state index in [0.29, 0.717) is 17.0 Å². The van der Waals surface area contributed by atoms with Crippen molar-refractivity contribution in [1.29, 1.82) is 0 Å². The fourth-order valence-electron chi connectivity index (χ4n) is 2.67. The molecule has 2 heterocycles. The second-order valence-electron chi connectivity index (χ2n) is 6.15. The van der Waals surface area contributed by atoms with E-state index in [-0.39, 0.29) is 17.0 Å². The first-order chi connectivity index (χ1) is 13.1. The first-order valence-corrected chi connectivity index (χ1v) is 9.19. The van der Waals surface area contributed by atoms with Crippen molar-refractivity contribution in [3.05, 3.63) is 54.6 Å². The lowest BCUT2D eigenvalue weighted by Gasteiger charge is -2.18. The number of anilines is 1. The molecular formula is C20H21N3O3S. The summed E-state index contributed by atoms with van der Waals surface area (Å²) < 4.78 is 11.5. The number of nitrogens with one attached hydrogen (secondary N) is 2. The van der Waals surface area contributed by atoms with E-state index in [9.17, 15) is 4.79 Å². The first kappa shape index (κ1) is 18.8. The molecule has 6 nitrogen and oxygen atoms in total. The number of nitrogens with zero attached hydrogens (tertiary/aromatic N) is 1. The second-order valence-corrected chi connectivity index (χ2v) is 6.55. The zero-order chi connectivity index (χ0) is 19.2. The number of hydrogen-bond donors (Lipinski definition) is 2. The van der Waals surface area contributed by atoms with E-state index in [1.807, 2.05) is 31.2 Å². The third kappa shape index (κ3) is 4.83. The zero-order valence-corrected chi connectivity index (χ0v) is 16.0. The molecule has 0 aliphatic heterocycles. The minimum atomic E-state index is -0.429. The van der Waals surface area contributed by atoms with Gasteiger partial charge in [0, 0.05) is 17.8 Å². The molecular weight excluding hydrogens is 362 g/mol. The van der Waals surface area contributed by atoms with Crippen LogP contribution < -0.4 is 15.4 Å². The average Bonchev–Trinajstić information content (AvgIpc) is 3.08. The van der Waals surface area contributed by atoms with Gasteiger partial charge < -0.3 is 14.5 Å². The maximum atomic E-state index is 12.4. The number of thiocarbonyl (C=S) groups is 1. The molecule has 140 valence electrons. The first-order valence-electron chi connectivity index (χ1n) is 8.78. The Morgan fingerprint density at radius 1 is 1.33 bits per heavy atom. The molecule has 0 aliphatic carbocycles. The molecule has 1 unspecified atom stereocenters. The molecule has 0 fully saturated rings. The summed E-state index contributed by atoms with van der Waals surface area (Å²) in [6.45, 7) is 4.14. The maximum Gasteiger partial charge on any atom is 0.293 e. The highest BCUT2D eigenvalue weighted by molar-refractivity contribution is 7.80. The van der Waals surface area contributed by atoms with Crippen LogP contribution in [0.4, 0.5) is 5.69 Å². The van der Waals surface area contributed by atoms with Crippen molar-refractivity contribution in [3.63, 3.8) is 0 Å². The number of fused-ring (bicyclic) bond motifs is 1. The fourth-order valence-corrected chi connectivity index (χ4v) is 2.87. The van der Waals surface area contributed by atoms with Crippen LogP contribution in [-0.4, -0.2) is 22.1 Å². The van der Waals surface area contributed by atoms with E-state index < -0.39 is 5.91 Å². The summed E-state index contributed by atoms with van der Waals surface area (Å²) in [6, 6.07) is 10.8. The van der Waals surface area contributed by atoms with Crippen LogP contribution >= 0.6 is 12.2 Å². The number of carbonyl (C=O) groups excluding carboxylic acids is 1. The molecule has 3 rings (SSSR count). The lowest BCUT2D eigenvalue weighted by Crippen LogP contribution is -2.34. The maximum absolute atomic E-state index is 12.4. The summed E-state index contributed by atoms with van der Waals surface area (Å²) in [5, 5.41) is 6.56. The molecule has 0 saturated heterocycles. The van der Waals surface area contributed by atoms with Crippen molar-refractivity contribution in [3.8, 4) is 5.75 Å². The number of ether oxygens (including phenoxy) is 1. The highest BCUT2D eigenvalue weighted by Gasteiger charge is 2.15. The van der Waals surface area contributed by atoms with E-state index >= 15 is 0 Å². The molecule has 0 spiro atoms. The SMILES string of the molecule is CCCC(C)Oc1ccccc1NC(=S)NC(=O)c1cc2cnccc2o1. The smallest absolute Gasteiger partial charge is 0.293 e. The number of para-hydroxylation sites is 2.